The van der Waals surface area contributed by atoms with Gasteiger partial charge in [-0.1, -0.05) is 13.0 Å². The summed E-state index contributed by atoms with van der Waals surface area (Å²) in [6.07, 6.45) is 2.10. The van der Waals surface area contributed by atoms with Gasteiger partial charge in [0.25, 0.3) is 11.8 Å². The lowest BCUT2D eigenvalue weighted by atomic mass is 9.98. The molecule has 0 radical (unpaired) electrons. The molecule has 1 aliphatic heterocycles. The topological polar surface area (TPSA) is 81.8 Å². The first kappa shape index (κ1) is 24.3. The fraction of sp³-hybridized carbons (Fsp3) is 0.423. The average Bonchev–Trinajstić information content (AvgIpc) is 2.84. The third kappa shape index (κ3) is 6.57. The van der Waals surface area contributed by atoms with Gasteiger partial charge in [-0.25, -0.2) is 0 Å². The van der Waals surface area contributed by atoms with Crippen molar-refractivity contribution in [3.63, 3.8) is 0 Å². The van der Waals surface area contributed by atoms with Gasteiger partial charge in [0, 0.05) is 48.7 Å². The molecule has 0 bridgehead atoms. The quantitative estimate of drug-likeness (QED) is 0.635. The Morgan fingerprint density at radius 1 is 0.939 bits per heavy atom. The first-order valence-electron chi connectivity index (χ1n) is 11.7. The lowest BCUT2D eigenvalue weighted by Gasteiger charge is -2.30. The number of nitrogens with one attached hydrogen (secondary N) is 2. The highest BCUT2D eigenvalue weighted by molar-refractivity contribution is 5.98. The van der Waals surface area contributed by atoms with Crippen LogP contribution < -0.4 is 10.6 Å². The molecule has 0 atom stereocenters. The highest BCUT2D eigenvalue weighted by Gasteiger charge is 2.21. The number of rotatable bonds is 8. The van der Waals surface area contributed by atoms with Crippen LogP contribution in [0, 0.1) is 5.92 Å². The van der Waals surface area contributed by atoms with E-state index in [2.05, 4.69) is 17.6 Å². The number of likely N-dealkylation sites (tertiary alicyclic amines) is 1. The van der Waals surface area contributed by atoms with Crippen LogP contribution in [0.25, 0.3) is 0 Å². The summed E-state index contributed by atoms with van der Waals surface area (Å²) in [5, 5.41) is 5.90. The maximum atomic E-state index is 12.7. The van der Waals surface area contributed by atoms with Crippen molar-refractivity contribution >= 4 is 29.1 Å². The molecule has 33 heavy (non-hydrogen) atoms. The summed E-state index contributed by atoms with van der Waals surface area (Å²) in [5.41, 5.74) is 2.55. The Hall–Kier alpha value is -3.35. The molecule has 176 valence electrons. The molecule has 0 aliphatic carbocycles. The van der Waals surface area contributed by atoms with Gasteiger partial charge in [0.15, 0.2) is 0 Å². The zero-order chi connectivity index (χ0) is 23.8. The molecule has 0 unspecified atom stereocenters. The predicted molar refractivity (Wildman–Crippen MR) is 132 cm³/mol. The second-order valence-corrected chi connectivity index (χ2v) is 8.51. The van der Waals surface area contributed by atoms with Gasteiger partial charge in [0.2, 0.25) is 5.91 Å². The van der Waals surface area contributed by atoms with Crippen LogP contribution in [0.15, 0.2) is 48.5 Å². The average molecular weight is 451 g/mol. The number of anilines is 2. The third-order valence-corrected chi connectivity index (χ3v) is 6.10. The number of carbonyl (C=O) groups is 3. The molecule has 0 spiro atoms. The van der Waals surface area contributed by atoms with Crippen LogP contribution in [0.5, 0.6) is 0 Å². The van der Waals surface area contributed by atoms with E-state index in [4.69, 9.17) is 0 Å². The molecule has 0 saturated carbocycles. The molecule has 3 amide bonds. The van der Waals surface area contributed by atoms with Crippen LogP contribution >= 0.6 is 0 Å². The Balaban J connectivity index is 1.51. The van der Waals surface area contributed by atoms with Crippen molar-refractivity contribution < 1.29 is 14.4 Å². The van der Waals surface area contributed by atoms with Crippen molar-refractivity contribution in [2.24, 2.45) is 5.92 Å². The van der Waals surface area contributed by atoms with Crippen LogP contribution in [-0.2, 0) is 4.79 Å². The SMILES string of the molecule is CCN(CC)C(=O)c1cccc(NC(=O)CNc2ccc(C(=O)N3CCC(C)CC3)cc2)c1. The minimum absolute atomic E-state index is 0.0528. The molecule has 3 rings (SSSR count). The van der Waals surface area contributed by atoms with Crippen LogP contribution in [0.3, 0.4) is 0 Å². The zero-order valence-electron chi connectivity index (χ0n) is 19.8. The molecule has 2 aromatic rings. The van der Waals surface area contributed by atoms with Gasteiger partial charge in [-0.3, -0.25) is 14.4 Å². The second-order valence-electron chi connectivity index (χ2n) is 8.51. The zero-order valence-corrected chi connectivity index (χ0v) is 19.8. The summed E-state index contributed by atoms with van der Waals surface area (Å²) >= 11 is 0. The number of hydrogen-bond acceptors (Lipinski definition) is 4. The fourth-order valence-electron chi connectivity index (χ4n) is 3.94. The van der Waals surface area contributed by atoms with Gasteiger partial charge in [-0.15, -0.1) is 0 Å². The van der Waals surface area contributed by atoms with Crippen LogP contribution in [0.4, 0.5) is 11.4 Å². The second kappa shape index (κ2) is 11.5. The normalized spacial score (nSPS) is 14.0. The summed E-state index contributed by atoms with van der Waals surface area (Å²) in [7, 11) is 0. The molecular formula is C26H34N4O3. The van der Waals surface area contributed by atoms with E-state index in [1.165, 1.54) is 0 Å². The number of piperidine rings is 1. The first-order valence-corrected chi connectivity index (χ1v) is 11.7. The molecule has 7 nitrogen and oxygen atoms in total. The predicted octanol–water partition coefficient (Wildman–Crippen LogP) is 4.09. The van der Waals surface area contributed by atoms with Crippen LogP contribution in [-0.4, -0.2) is 60.2 Å². The van der Waals surface area contributed by atoms with Gasteiger partial charge >= 0.3 is 0 Å². The van der Waals surface area contributed by atoms with E-state index >= 15 is 0 Å². The first-order chi connectivity index (χ1) is 15.9. The van der Waals surface area contributed by atoms with Gasteiger partial charge in [0.1, 0.15) is 0 Å². The molecule has 1 heterocycles. The summed E-state index contributed by atoms with van der Waals surface area (Å²) < 4.78 is 0. The summed E-state index contributed by atoms with van der Waals surface area (Å²) in [6, 6.07) is 14.2. The Morgan fingerprint density at radius 3 is 2.24 bits per heavy atom. The van der Waals surface area contributed by atoms with E-state index in [0.29, 0.717) is 35.8 Å². The van der Waals surface area contributed by atoms with Crippen LogP contribution in [0.2, 0.25) is 0 Å². The van der Waals surface area contributed by atoms with E-state index in [9.17, 15) is 14.4 Å². The van der Waals surface area contributed by atoms with E-state index in [-0.39, 0.29) is 24.3 Å². The van der Waals surface area contributed by atoms with Gasteiger partial charge in [-0.05, 0) is 75.1 Å². The largest absolute Gasteiger partial charge is 0.376 e. The molecule has 1 fully saturated rings. The highest BCUT2D eigenvalue weighted by Crippen LogP contribution is 2.19. The number of carbonyl (C=O) groups excluding carboxylic acids is 3. The lowest BCUT2D eigenvalue weighted by molar-refractivity contribution is -0.114. The van der Waals surface area contributed by atoms with Crippen LogP contribution in [0.1, 0.15) is 54.3 Å². The number of hydrogen-bond donors (Lipinski definition) is 2. The molecule has 1 saturated heterocycles. The summed E-state index contributed by atoms with van der Waals surface area (Å²) in [5.74, 6) is 0.468. The molecule has 2 aromatic carbocycles. The van der Waals surface area contributed by atoms with Gasteiger partial charge < -0.3 is 20.4 Å². The number of amides is 3. The van der Waals surface area contributed by atoms with E-state index in [0.717, 1.165) is 31.6 Å². The molecular weight excluding hydrogens is 416 g/mol. The fourth-order valence-corrected chi connectivity index (χ4v) is 3.94. The smallest absolute Gasteiger partial charge is 0.253 e. The van der Waals surface area contributed by atoms with Gasteiger partial charge in [0.05, 0.1) is 6.54 Å². The van der Waals surface area contributed by atoms with Crippen molar-refractivity contribution in [1.82, 2.24) is 9.80 Å². The molecule has 7 heteroatoms. The number of nitrogens with zero attached hydrogens (tertiary/aromatic N) is 2. The van der Waals surface area contributed by atoms with Crippen molar-refractivity contribution in [3.05, 3.63) is 59.7 Å². The Morgan fingerprint density at radius 2 is 1.61 bits per heavy atom. The minimum Gasteiger partial charge on any atom is -0.376 e. The maximum absolute atomic E-state index is 12.7. The maximum Gasteiger partial charge on any atom is 0.253 e. The van der Waals surface area contributed by atoms with Gasteiger partial charge in [-0.2, -0.15) is 0 Å². The van der Waals surface area contributed by atoms with E-state index < -0.39 is 0 Å². The highest BCUT2D eigenvalue weighted by atomic mass is 16.2. The minimum atomic E-state index is -0.218. The van der Waals surface area contributed by atoms with E-state index in [1.54, 1.807) is 41.3 Å². The summed E-state index contributed by atoms with van der Waals surface area (Å²) in [6.45, 7) is 9.07. The molecule has 2 N–H and O–H groups in total. The van der Waals surface area contributed by atoms with Crippen molar-refractivity contribution in [1.29, 1.82) is 0 Å². The Labute approximate surface area is 196 Å². The molecule has 0 aromatic heterocycles. The Kier molecular flexibility index (Phi) is 8.46. The van der Waals surface area contributed by atoms with Crippen molar-refractivity contribution in [3.8, 4) is 0 Å². The standard InChI is InChI=1S/C26H34N4O3/c1-4-29(5-2)26(33)21-7-6-8-23(17-21)28-24(31)18-27-22-11-9-20(10-12-22)25(32)30-15-13-19(3)14-16-30/h6-12,17,19,27H,4-5,13-16,18H2,1-3H3,(H,28,31). The van der Waals surface area contributed by atoms with E-state index in [1.807, 2.05) is 30.9 Å². The van der Waals surface area contributed by atoms with Crippen molar-refractivity contribution in [2.45, 2.75) is 33.6 Å². The molecule has 1 aliphatic rings. The Bertz CT molecular complexity index is 962. The summed E-state index contributed by atoms with van der Waals surface area (Å²) in [4.78, 5) is 41.2. The number of benzene rings is 2. The monoisotopic (exact) mass is 450 g/mol. The lowest BCUT2D eigenvalue weighted by Crippen LogP contribution is -2.37. The van der Waals surface area contributed by atoms with Crippen molar-refractivity contribution in [2.75, 3.05) is 43.4 Å². The third-order valence-electron chi connectivity index (χ3n) is 6.10.